The molecule has 0 aliphatic carbocycles. The van der Waals surface area contributed by atoms with Crippen LogP contribution in [-0.2, 0) is 0 Å². The summed E-state index contributed by atoms with van der Waals surface area (Å²) in [6.07, 6.45) is 4.51. The van der Waals surface area contributed by atoms with Crippen LogP contribution in [0.25, 0.3) is 6.08 Å². The molecule has 0 fully saturated rings. The molecule has 1 rings (SSSR count). The first-order valence-electron chi connectivity index (χ1n) is 3.80. The highest BCUT2D eigenvalue weighted by Crippen LogP contribution is 2.16. The minimum atomic E-state index is 0.629. The van der Waals surface area contributed by atoms with Gasteiger partial charge < -0.3 is 0 Å². The van der Waals surface area contributed by atoms with Crippen LogP contribution in [0.2, 0.25) is 5.02 Å². The average Bonchev–Trinajstić information content (AvgIpc) is 2.15. The Labute approximate surface area is 87.8 Å². The number of hydrogen-bond donors (Lipinski definition) is 1. The molecule has 0 atom stereocenters. The molecule has 0 saturated heterocycles. The lowest BCUT2D eigenvalue weighted by Crippen LogP contribution is -1.85. The van der Waals surface area contributed by atoms with Crippen molar-refractivity contribution in [2.45, 2.75) is 0 Å². The van der Waals surface area contributed by atoms with Crippen molar-refractivity contribution in [3.8, 4) is 0 Å². The van der Waals surface area contributed by atoms with Crippen molar-refractivity contribution in [1.82, 2.24) is 0 Å². The van der Waals surface area contributed by atoms with Crippen LogP contribution in [0, 0.1) is 0 Å². The number of hydrogen-bond acceptors (Lipinski definition) is 2. The summed E-state index contributed by atoms with van der Waals surface area (Å²) >= 11 is 9.82. The highest BCUT2D eigenvalue weighted by atomic mass is 35.5. The number of aldehydes is 1. The molecule has 0 N–H and O–H groups in total. The molecule has 3 heteroatoms. The fourth-order valence-corrected chi connectivity index (χ4v) is 1.26. The predicted molar refractivity (Wildman–Crippen MR) is 59.7 cm³/mol. The molecule has 0 bridgehead atoms. The smallest absolute Gasteiger partial charge is 0.150 e. The maximum Gasteiger partial charge on any atom is 0.150 e. The molecule has 1 aromatic rings. The molecule has 1 nitrogen and oxygen atoms in total. The van der Waals surface area contributed by atoms with Crippen LogP contribution in [0.4, 0.5) is 0 Å². The Morgan fingerprint density at radius 3 is 2.77 bits per heavy atom. The molecule has 0 unspecified atom stereocenters. The molecule has 0 aliphatic heterocycles. The van der Waals surface area contributed by atoms with Gasteiger partial charge in [-0.15, -0.1) is 0 Å². The molecule has 0 radical (unpaired) electrons. The van der Waals surface area contributed by atoms with Gasteiger partial charge in [-0.25, -0.2) is 0 Å². The summed E-state index contributed by atoms with van der Waals surface area (Å²) in [4.78, 5) is 10.6. The van der Waals surface area contributed by atoms with Gasteiger partial charge >= 0.3 is 0 Å². The normalized spacial score (nSPS) is 10.6. The van der Waals surface area contributed by atoms with E-state index in [0.717, 1.165) is 11.8 Å². The summed E-state index contributed by atoms with van der Waals surface area (Å²) in [7, 11) is 0. The summed E-state index contributed by atoms with van der Waals surface area (Å²) in [6.45, 7) is 0. The third-order valence-corrected chi connectivity index (χ3v) is 2.02. The van der Waals surface area contributed by atoms with Gasteiger partial charge in [-0.2, -0.15) is 12.6 Å². The Morgan fingerprint density at radius 2 is 2.15 bits per heavy atom. The number of benzene rings is 1. The van der Waals surface area contributed by atoms with Gasteiger partial charge in [-0.1, -0.05) is 23.8 Å². The van der Waals surface area contributed by atoms with Crippen molar-refractivity contribution in [2.75, 3.05) is 5.75 Å². The van der Waals surface area contributed by atoms with Crippen molar-refractivity contribution in [3.05, 3.63) is 40.4 Å². The van der Waals surface area contributed by atoms with Crippen LogP contribution in [0.15, 0.2) is 24.3 Å². The van der Waals surface area contributed by atoms with E-state index in [1.807, 2.05) is 12.2 Å². The van der Waals surface area contributed by atoms with Crippen molar-refractivity contribution in [2.24, 2.45) is 0 Å². The van der Waals surface area contributed by atoms with E-state index in [1.54, 1.807) is 18.2 Å². The van der Waals surface area contributed by atoms with Crippen molar-refractivity contribution in [3.63, 3.8) is 0 Å². The third-order valence-electron chi connectivity index (χ3n) is 1.58. The van der Waals surface area contributed by atoms with Crippen molar-refractivity contribution < 1.29 is 4.79 Å². The van der Waals surface area contributed by atoms with Crippen LogP contribution < -0.4 is 0 Å². The number of rotatable bonds is 3. The Balaban J connectivity index is 3.08. The number of thiol groups is 1. The van der Waals surface area contributed by atoms with Crippen LogP contribution >= 0.6 is 24.2 Å². The van der Waals surface area contributed by atoms with Crippen molar-refractivity contribution >= 4 is 36.6 Å². The highest BCUT2D eigenvalue weighted by molar-refractivity contribution is 7.80. The summed E-state index contributed by atoms with van der Waals surface area (Å²) in [5.41, 5.74) is 1.47. The van der Waals surface area contributed by atoms with Gasteiger partial charge in [0, 0.05) is 16.3 Å². The zero-order valence-corrected chi connectivity index (χ0v) is 8.55. The minimum absolute atomic E-state index is 0.629. The fraction of sp³-hybridized carbons (Fsp3) is 0.100. The second-order valence-electron chi connectivity index (χ2n) is 2.48. The van der Waals surface area contributed by atoms with E-state index in [0.29, 0.717) is 16.3 Å². The van der Waals surface area contributed by atoms with Crippen LogP contribution in [0.5, 0.6) is 0 Å². The first-order valence-corrected chi connectivity index (χ1v) is 4.81. The first-order chi connectivity index (χ1) is 6.27. The fourth-order valence-electron chi connectivity index (χ4n) is 0.977. The second-order valence-corrected chi connectivity index (χ2v) is 3.28. The van der Waals surface area contributed by atoms with E-state index >= 15 is 0 Å². The molecule has 0 heterocycles. The lowest BCUT2D eigenvalue weighted by Gasteiger charge is -1.98. The van der Waals surface area contributed by atoms with E-state index in [-0.39, 0.29) is 0 Å². The van der Waals surface area contributed by atoms with Crippen LogP contribution in [0.3, 0.4) is 0 Å². The number of carbonyl (C=O) groups is 1. The Hall–Kier alpha value is -0.730. The van der Waals surface area contributed by atoms with E-state index in [9.17, 15) is 4.79 Å². The largest absolute Gasteiger partial charge is 0.298 e. The van der Waals surface area contributed by atoms with Gasteiger partial charge in [0.2, 0.25) is 0 Å². The molecule has 0 aliphatic rings. The van der Waals surface area contributed by atoms with Gasteiger partial charge in [0.1, 0.15) is 0 Å². The summed E-state index contributed by atoms with van der Waals surface area (Å²) in [5, 5.41) is 0.629. The van der Waals surface area contributed by atoms with Crippen LogP contribution in [0.1, 0.15) is 15.9 Å². The summed E-state index contributed by atoms with van der Waals surface area (Å²) in [5.74, 6) is 0.644. The number of halogens is 1. The second kappa shape index (κ2) is 5.10. The molecule has 0 amide bonds. The number of carbonyl (C=O) groups excluding carboxylic acids is 1. The topological polar surface area (TPSA) is 17.1 Å². The molecule has 0 aromatic heterocycles. The monoisotopic (exact) mass is 212 g/mol. The lowest BCUT2D eigenvalue weighted by molar-refractivity contribution is 0.112. The average molecular weight is 213 g/mol. The predicted octanol–water partition coefficient (Wildman–Crippen LogP) is 3.10. The first kappa shape index (κ1) is 10.4. The molecular formula is C10H9ClOS. The van der Waals surface area contributed by atoms with Gasteiger partial charge in [-0.05, 0) is 23.8 Å². The molecule has 0 saturated carbocycles. The van der Waals surface area contributed by atoms with Gasteiger partial charge in [0.15, 0.2) is 6.29 Å². The molecule has 1 aromatic carbocycles. The molecule has 68 valence electrons. The summed E-state index contributed by atoms with van der Waals surface area (Å²) < 4.78 is 0. The van der Waals surface area contributed by atoms with Crippen LogP contribution in [-0.4, -0.2) is 12.0 Å². The highest BCUT2D eigenvalue weighted by Gasteiger charge is 1.98. The van der Waals surface area contributed by atoms with E-state index in [1.165, 1.54) is 0 Å². The Bertz CT molecular complexity index is 334. The zero-order chi connectivity index (χ0) is 9.68. The molecular weight excluding hydrogens is 204 g/mol. The third kappa shape index (κ3) is 2.90. The lowest BCUT2D eigenvalue weighted by atomic mass is 10.1. The molecule has 0 spiro atoms. The maximum absolute atomic E-state index is 10.6. The Morgan fingerprint density at radius 1 is 1.38 bits per heavy atom. The summed E-state index contributed by atoms with van der Waals surface area (Å²) in [6, 6.07) is 5.15. The zero-order valence-electron chi connectivity index (χ0n) is 6.90. The Kier molecular flexibility index (Phi) is 4.06. The quantitative estimate of drug-likeness (QED) is 0.602. The molecule has 13 heavy (non-hydrogen) atoms. The van der Waals surface area contributed by atoms with Gasteiger partial charge in [-0.3, -0.25) is 4.79 Å². The van der Waals surface area contributed by atoms with E-state index in [2.05, 4.69) is 12.6 Å². The van der Waals surface area contributed by atoms with E-state index in [4.69, 9.17) is 11.6 Å². The maximum atomic E-state index is 10.6. The SMILES string of the molecule is O=Cc1ccc(Cl)cc1C=CCS. The van der Waals surface area contributed by atoms with Gasteiger partial charge in [0.05, 0.1) is 0 Å². The minimum Gasteiger partial charge on any atom is -0.298 e. The van der Waals surface area contributed by atoms with Gasteiger partial charge in [0.25, 0.3) is 0 Å². The standard InChI is InChI=1S/C10H9ClOS/c11-10-4-3-9(7-12)8(6-10)2-1-5-13/h1-4,6-7,13H,5H2. The van der Waals surface area contributed by atoms with E-state index < -0.39 is 0 Å². The van der Waals surface area contributed by atoms with Crippen molar-refractivity contribution in [1.29, 1.82) is 0 Å².